The van der Waals surface area contributed by atoms with Crippen molar-refractivity contribution in [3.8, 4) is 17.2 Å². The molecule has 0 heterocycles. The van der Waals surface area contributed by atoms with Crippen LogP contribution < -0.4 is 10.2 Å². The number of hydrogen-bond acceptors (Lipinski definition) is 5. The number of hydrogen-bond donors (Lipinski definition) is 3. The molecule has 0 aliphatic heterocycles. The molecule has 138 valence electrons. The van der Waals surface area contributed by atoms with E-state index in [1.165, 1.54) is 23.9 Å². The Morgan fingerprint density at radius 2 is 1.85 bits per heavy atom. The molecule has 0 unspecified atom stereocenters. The summed E-state index contributed by atoms with van der Waals surface area (Å²) >= 11 is 0. The van der Waals surface area contributed by atoms with Crippen molar-refractivity contribution in [2.75, 3.05) is 6.61 Å². The Labute approximate surface area is 153 Å². The standard InChI is InChI=1S/C20H24N2O4/c1-13-9-15(23)10-18(24)17(13)11-21-22-19(25)12-26-16-7-5-14(6-8-16)20(2,3)4/h5-11,23-24H,12H2,1-4H3,(H,22,25). The second-order valence-electron chi connectivity index (χ2n) is 7.05. The lowest BCUT2D eigenvalue weighted by Crippen LogP contribution is -2.24. The third kappa shape index (κ3) is 5.24. The highest BCUT2D eigenvalue weighted by Crippen LogP contribution is 2.25. The molecule has 2 aromatic rings. The monoisotopic (exact) mass is 356 g/mol. The minimum Gasteiger partial charge on any atom is -0.508 e. The predicted octanol–water partition coefficient (Wildman–Crippen LogP) is 3.23. The van der Waals surface area contributed by atoms with Crippen LogP contribution in [0.2, 0.25) is 0 Å². The van der Waals surface area contributed by atoms with Gasteiger partial charge in [0.2, 0.25) is 0 Å². The number of aromatic hydroxyl groups is 2. The third-order valence-electron chi connectivity index (χ3n) is 3.82. The van der Waals surface area contributed by atoms with Crippen LogP contribution in [0.25, 0.3) is 0 Å². The van der Waals surface area contributed by atoms with Crippen molar-refractivity contribution >= 4 is 12.1 Å². The zero-order valence-corrected chi connectivity index (χ0v) is 15.4. The summed E-state index contributed by atoms with van der Waals surface area (Å²) in [6.45, 7) is 7.92. The first-order chi connectivity index (χ1) is 12.2. The minimum atomic E-state index is -0.419. The van der Waals surface area contributed by atoms with E-state index in [9.17, 15) is 15.0 Å². The number of ether oxygens (including phenoxy) is 1. The summed E-state index contributed by atoms with van der Waals surface area (Å²) in [6, 6.07) is 10.3. The Hall–Kier alpha value is -3.02. The zero-order valence-electron chi connectivity index (χ0n) is 15.4. The van der Waals surface area contributed by atoms with Gasteiger partial charge in [-0.3, -0.25) is 4.79 Å². The lowest BCUT2D eigenvalue weighted by atomic mass is 9.87. The van der Waals surface area contributed by atoms with E-state index in [1.807, 2.05) is 24.3 Å². The average Bonchev–Trinajstić information content (AvgIpc) is 2.55. The van der Waals surface area contributed by atoms with E-state index in [1.54, 1.807) is 6.92 Å². The summed E-state index contributed by atoms with van der Waals surface area (Å²) in [5, 5.41) is 23.0. The number of amides is 1. The van der Waals surface area contributed by atoms with Gasteiger partial charge in [0, 0.05) is 11.6 Å². The molecule has 0 fully saturated rings. The van der Waals surface area contributed by atoms with E-state index in [0.717, 1.165) is 0 Å². The van der Waals surface area contributed by atoms with E-state index in [-0.39, 0.29) is 23.5 Å². The second kappa shape index (κ2) is 7.91. The maximum Gasteiger partial charge on any atom is 0.277 e. The molecule has 0 aliphatic carbocycles. The molecular formula is C20H24N2O4. The van der Waals surface area contributed by atoms with Crippen molar-refractivity contribution in [1.29, 1.82) is 0 Å². The van der Waals surface area contributed by atoms with Crippen molar-refractivity contribution in [1.82, 2.24) is 5.43 Å². The minimum absolute atomic E-state index is 0.0351. The summed E-state index contributed by atoms with van der Waals surface area (Å²) in [4.78, 5) is 11.8. The quantitative estimate of drug-likeness (QED) is 0.567. The lowest BCUT2D eigenvalue weighted by molar-refractivity contribution is -0.123. The van der Waals surface area contributed by atoms with Gasteiger partial charge in [-0.15, -0.1) is 0 Å². The van der Waals surface area contributed by atoms with Crippen LogP contribution >= 0.6 is 0 Å². The van der Waals surface area contributed by atoms with Crippen molar-refractivity contribution in [2.45, 2.75) is 33.1 Å². The van der Waals surface area contributed by atoms with Gasteiger partial charge in [0.1, 0.15) is 17.2 Å². The number of phenolic OH excluding ortho intramolecular Hbond substituents is 2. The molecule has 6 nitrogen and oxygen atoms in total. The number of phenols is 2. The normalized spacial score (nSPS) is 11.5. The molecule has 1 amide bonds. The van der Waals surface area contributed by atoms with E-state index >= 15 is 0 Å². The molecule has 0 radical (unpaired) electrons. The average molecular weight is 356 g/mol. The summed E-state index contributed by atoms with van der Waals surface area (Å²) in [6.07, 6.45) is 1.32. The van der Waals surface area contributed by atoms with E-state index < -0.39 is 5.91 Å². The van der Waals surface area contributed by atoms with E-state index in [0.29, 0.717) is 16.9 Å². The number of carbonyl (C=O) groups is 1. The molecular weight excluding hydrogens is 332 g/mol. The number of carbonyl (C=O) groups excluding carboxylic acids is 1. The molecule has 26 heavy (non-hydrogen) atoms. The van der Waals surface area contributed by atoms with Gasteiger partial charge in [0.05, 0.1) is 6.21 Å². The Kier molecular flexibility index (Phi) is 5.87. The van der Waals surface area contributed by atoms with Crippen LogP contribution in [-0.4, -0.2) is 28.9 Å². The van der Waals surface area contributed by atoms with Gasteiger partial charge in [0.15, 0.2) is 6.61 Å². The van der Waals surface area contributed by atoms with Crippen molar-refractivity contribution in [3.05, 3.63) is 53.1 Å². The maximum atomic E-state index is 11.8. The molecule has 0 saturated carbocycles. The smallest absolute Gasteiger partial charge is 0.277 e. The van der Waals surface area contributed by atoms with Gasteiger partial charge in [-0.25, -0.2) is 5.43 Å². The van der Waals surface area contributed by atoms with Gasteiger partial charge in [0.25, 0.3) is 5.91 Å². The second-order valence-corrected chi connectivity index (χ2v) is 7.05. The zero-order chi connectivity index (χ0) is 19.3. The summed E-state index contributed by atoms with van der Waals surface area (Å²) < 4.78 is 5.43. The fourth-order valence-corrected chi connectivity index (χ4v) is 2.33. The number of hydrazone groups is 1. The molecule has 2 rings (SSSR count). The molecule has 6 heteroatoms. The largest absolute Gasteiger partial charge is 0.508 e. The first-order valence-corrected chi connectivity index (χ1v) is 8.24. The highest BCUT2D eigenvalue weighted by Gasteiger charge is 2.13. The highest BCUT2D eigenvalue weighted by atomic mass is 16.5. The van der Waals surface area contributed by atoms with Crippen LogP contribution in [0.5, 0.6) is 17.2 Å². The van der Waals surface area contributed by atoms with Gasteiger partial charge in [-0.05, 0) is 41.7 Å². The molecule has 0 atom stereocenters. The van der Waals surface area contributed by atoms with Crippen LogP contribution in [0.3, 0.4) is 0 Å². The molecule has 2 aromatic carbocycles. The number of benzene rings is 2. The van der Waals surface area contributed by atoms with Crippen LogP contribution in [0.4, 0.5) is 0 Å². The molecule has 3 N–H and O–H groups in total. The van der Waals surface area contributed by atoms with Gasteiger partial charge < -0.3 is 14.9 Å². The topological polar surface area (TPSA) is 91.1 Å². The molecule has 0 aromatic heterocycles. The summed E-state index contributed by atoms with van der Waals surface area (Å²) in [5.74, 6) is 0.0315. The highest BCUT2D eigenvalue weighted by molar-refractivity contribution is 5.87. The number of aryl methyl sites for hydroxylation is 1. The predicted molar refractivity (Wildman–Crippen MR) is 101 cm³/mol. The van der Waals surface area contributed by atoms with Gasteiger partial charge in [-0.2, -0.15) is 5.10 Å². The Bertz CT molecular complexity index is 783. The Morgan fingerprint density at radius 1 is 1.19 bits per heavy atom. The first kappa shape index (κ1) is 19.3. The number of nitrogens with one attached hydrogen (secondary N) is 1. The van der Waals surface area contributed by atoms with Crippen molar-refractivity contribution in [3.63, 3.8) is 0 Å². The number of nitrogens with zero attached hydrogens (tertiary/aromatic N) is 1. The fourth-order valence-electron chi connectivity index (χ4n) is 2.33. The van der Waals surface area contributed by atoms with Crippen molar-refractivity contribution in [2.24, 2.45) is 5.10 Å². The van der Waals surface area contributed by atoms with E-state index in [2.05, 4.69) is 31.3 Å². The van der Waals surface area contributed by atoms with Gasteiger partial charge in [-0.1, -0.05) is 32.9 Å². The molecule has 0 saturated heterocycles. The molecule has 0 aliphatic rings. The Balaban J connectivity index is 1.88. The molecule has 0 spiro atoms. The maximum absolute atomic E-state index is 11.8. The summed E-state index contributed by atoms with van der Waals surface area (Å²) in [5.41, 5.74) is 4.63. The van der Waals surface area contributed by atoms with Crippen LogP contribution in [0.15, 0.2) is 41.5 Å². The number of rotatable bonds is 5. The first-order valence-electron chi connectivity index (χ1n) is 8.24. The van der Waals surface area contributed by atoms with E-state index in [4.69, 9.17) is 4.74 Å². The van der Waals surface area contributed by atoms with Crippen molar-refractivity contribution < 1.29 is 19.7 Å². The molecule has 0 bridgehead atoms. The summed E-state index contributed by atoms with van der Waals surface area (Å²) in [7, 11) is 0. The van der Waals surface area contributed by atoms with Crippen LogP contribution in [0.1, 0.15) is 37.5 Å². The van der Waals surface area contributed by atoms with Crippen LogP contribution in [-0.2, 0) is 10.2 Å². The third-order valence-corrected chi connectivity index (χ3v) is 3.82. The van der Waals surface area contributed by atoms with Gasteiger partial charge >= 0.3 is 0 Å². The fraction of sp³-hybridized carbons (Fsp3) is 0.300. The lowest BCUT2D eigenvalue weighted by Gasteiger charge is -2.19. The Morgan fingerprint density at radius 3 is 2.42 bits per heavy atom. The van der Waals surface area contributed by atoms with Crippen LogP contribution in [0, 0.1) is 6.92 Å². The SMILES string of the molecule is Cc1cc(O)cc(O)c1C=NNC(=O)COc1ccc(C(C)(C)C)cc1.